The van der Waals surface area contributed by atoms with Crippen molar-refractivity contribution in [3.63, 3.8) is 0 Å². The van der Waals surface area contributed by atoms with Crippen LogP contribution in [0.15, 0.2) is 17.5 Å². The summed E-state index contributed by atoms with van der Waals surface area (Å²) in [5.74, 6) is 0.563. The fourth-order valence-corrected chi connectivity index (χ4v) is 1.87. The van der Waals surface area contributed by atoms with Gasteiger partial charge in [0.15, 0.2) is 5.82 Å². The lowest BCUT2D eigenvalue weighted by Crippen LogP contribution is -2.02. The van der Waals surface area contributed by atoms with Crippen molar-refractivity contribution < 1.29 is 5.11 Å². The van der Waals surface area contributed by atoms with E-state index in [1.54, 1.807) is 7.05 Å². The third-order valence-corrected chi connectivity index (χ3v) is 2.77. The van der Waals surface area contributed by atoms with E-state index in [1.165, 1.54) is 16.1 Å². The van der Waals surface area contributed by atoms with Crippen LogP contribution in [0.25, 0.3) is 0 Å². The quantitative estimate of drug-likeness (QED) is 0.803. The molecule has 1 atom stereocenters. The van der Waals surface area contributed by atoms with Crippen LogP contribution < -0.4 is 0 Å². The Morgan fingerprint density at radius 3 is 3.07 bits per heavy atom. The van der Waals surface area contributed by atoms with E-state index >= 15 is 0 Å². The molecule has 0 spiro atoms. The Hall–Kier alpha value is -1.27. The minimum Gasteiger partial charge on any atom is -0.387 e. The Kier molecular flexibility index (Phi) is 2.55. The molecule has 0 saturated carbocycles. The van der Waals surface area contributed by atoms with E-state index in [1.807, 2.05) is 17.5 Å². The summed E-state index contributed by atoms with van der Waals surface area (Å²) < 4.78 is 0. The number of rotatable bonds is 3. The smallest absolute Gasteiger partial charge is 0.177 e. The lowest BCUT2D eigenvalue weighted by atomic mass is 10.2. The van der Waals surface area contributed by atoms with Gasteiger partial charge in [-0.25, -0.2) is 0 Å². The van der Waals surface area contributed by atoms with Crippen LogP contribution in [0.2, 0.25) is 0 Å². The van der Waals surface area contributed by atoms with Gasteiger partial charge >= 0.3 is 0 Å². The average Bonchev–Trinajstić information content (AvgIpc) is 2.75. The molecule has 2 rings (SSSR count). The molecule has 2 aromatic rings. The fraction of sp³-hybridized carbons (Fsp3) is 0.375. The Bertz CT molecular complexity index is 397. The Labute approximate surface area is 85.0 Å². The number of aliphatic hydroxyl groups excluding tert-OH is 1. The van der Waals surface area contributed by atoms with E-state index in [0.717, 1.165) is 4.88 Å². The first-order valence-corrected chi connectivity index (χ1v) is 5.08. The molecule has 0 amide bonds. The SMILES string of the molecule is Cn1nnc(CC(O)c2cccs2)n1. The fourth-order valence-electron chi connectivity index (χ4n) is 1.16. The highest BCUT2D eigenvalue weighted by atomic mass is 32.1. The second-order valence-corrected chi connectivity index (χ2v) is 3.91. The summed E-state index contributed by atoms with van der Waals surface area (Å²) in [5.41, 5.74) is 0. The second-order valence-electron chi connectivity index (χ2n) is 2.93. The zero-order chi connectivity index (χ0) is 9.97. The van der Waals surface area contributed by atoms with Gasteiger partial charge in [0.1, 0.15) is 0 Å². The van der Waals surface area contributed by atoms with Crippen LogP contribution in [0, 0.1) is 0 Å². The molecule has 1 unspecified atom stereocenters. The number of nitrogens with zero attached hydrogens (tertiary/aromatic N) is 4. The minimum atomic E-state index is -0.529. The largest absolute Gasteiger partial charge is 0.387 e. The third kappa shape index (κ3) is 1.97. The van der Waals surface area contributed by atoms with Gasteiger partial charge in [0.25, 0.3) is 0 Å². The first-order chi connectivity index (χ1) is 6.75. The topological polar surface area (TPSA) is 63.8 Å². The summed E-state index contributed by atoms with van der Waals surface area (Å²) in [7, 11) is 1.70. The number of aryl methyl sites for hydroxylation is 1. The van der Waals surface area contributed by atoms with Gasteiger partial charge < -0.3 is 5.11 Å². The van der Waals surface area contributed by atoms with Crippen molar-refractivity contribution in [2.75, 3.05) is 0 Å². The van der Waals surface area contributed by atoms with E-state index in [4.69, 9.17) is 0 Å². The highest BCUT2D eigenvalue weighted by Crippen LogP contribution is 2.20. The first kappa shape index (κ1) is 9.29. The zero-order valence-corrected chi connectivity index (χ0v) is 8.48. The molecule has 0 radical (unpaired) electrons. The molecular weight excluding hydrogens is 200 g/mol. The lowest BCUT2D eigenvalue weighted by molar-refractivity contribution is 0.179. The maximum absolute atomic E-state index is 9.77. The first-order valence-electron chi connectivity index (χ1n) is 4.20. The van der Waals surface area contributed by atoms with Gasteiger partial charge in [0, 0.05) is 11.3 Å². The van der Waals surface area contributed by atoms with Crippen LogP contribution in [0.3, 0.4) is 0 Å². The average molecular weight is 210 g/mol. The molecule has 0 bridgehead atoms. The maximum Gasteiger partial charge on any atom is 0.177 e. The van der Waals surface area contributed by atoms with Gasteiger partial charge in [0.2, 0.25) is 0 Å². The molecule has 1 N–H and O–H groups in total. The van der Waals surface area contributed by atoms with Gasteiger partial charge in [-0.1, -0.05) is 6.07 Å². The van der Waals surface area contributed by atoms with Gasteiger partial charge in [0.05, 0.1) is 13.2 Å². The van der Waals surface area contributed by atoms with Crippen LogP contribution in [0.1, 0.15) is 16.8 Å². The number of hydrogen-bond donors (Lipinski definition) is 1. The highest BCUT2D eigenvalue weighted by molar-refractivity contribution is 7.10. The molecule has 0 aliphatic heterocycles. The number of aromatic nitrogens is 4. The molecule has 14 heavy (non-hydrogen) atoms. The predicted octanol–water partition coefficient (Wildman–Crippen LogP) is 0.548. The maximum atomic E-state index is 9.77. The number of hydrogen-bond acceptors (Lipinski definition) is 5. The van der Waals surface area contributed by atoms with Crippen molar-refractivity contribution in [1.29, 1.82) is 0 Å². The monoisotopic (exact) mass is 210 g/mol. The summed E-state index contributed by atoms with van der Waals surface area (Å²) in [4.78, 5) is 2.31. The van der Waals surface area contributed by atoms with E-state index < -0.39 is 6.10 Å². The van der Waals surface area contributed by atoms with Crippen LogP contribution in [-0.4, -0.2) is 25.3 Å². The van der Waals surface area contributed by atoms with Crippen molar-refractivity contribution >= 4 is 11.3 Å². The zero-order valence-electron chi connectivity index (χ0n) is 7.66. The normalized spacial score (nSPS) is 13.0. The molecule has 0 aliphatic rings. The van der Waals surface area contributed by atoms with Gasteiger partial charge in [-0.2, -0.15) is 4.80 Å². The number of aliphatic hydroxyl groups is 1. The molecule has 0 saturated heterocycles. The predicted molar refractivity (Wildman–Crippen MR) is 51.8 cm³/mol. The molecule has 2 aromatic heterocycles. The third-order valence-electron chi connectivity index (χ3n) is 1.80. The lowest BCUT2D eigenvalue weighted by Gasteiger charge is -2.03. The van der Waals surface area contributed by atoms with Crippen LogP contribution >= 0.6 is 11.3 Å². The van der Waals surface area contributed by atoms with Gasteiger partial charge in [-0.15, -0.1) is 21.5 Å². The Morgan fingerprint density at radius 2 is 2.50 bits per heavy atom. The molecular formula is C8H10N4OS. The summed E-state index contributed by atoms with van der Waals surface area (Å²) in [6, 6.07) is 3.80. The van der Waals surface area contributed by atoms with E-state index in [2.05, 4.69) is 15.4 Å². The van der Waals surface area contributed by atoms with Gasteiger partial charge in [-0.05, 0) is 16.7 Å². The second kappa shape index (κ2) is 3.85. The summed E-state index contributed by atoms with van der Waals surface area (Å²) >= 11 is 1.52. The van der Waals surface area contributed by atoms with E-state index in [-0.39, 0.29) is 0 Å². The van der Waals surface area contributed by atoms with Crippen LogP contribution in [-0.2, 0) is 13.5 Å². The molecule has 5 nitrogen and oxygen atoms in total. The van der Waals surface area contributed by atoms with E-state index in [0.29, 0.717) is 12.2 Å². The van der Waals surface area contributed by atoms with Crippen molar-refractivity contribution in [3.05, 3.63) is 28.2 Å². The van der Waals surface area contributed by atoms with Crippen molar-refractivity contribution in [2.45, 2.75) is 12.5 Å². The Morgan fingerprint density at radius 1 is 1.64 bits per heavy atom. The van der Waals surface area contributed by atoms with Gasteiger partial charge in [-0.3, -0.25) is 0 Å². The van der Waals surface area contributed by atoms with Crippen molar-refractivity contribution in [3.8, 4) is 0 Å². The van der Waals surface area contributed by atoms with Crippen LogP contribution in [0.5, 0.6) is 0 Å². The van der Waals surface area contributed by atoms with E-state index in [9.17, 15) is 5.11 Å². The molecule has 6 heteroatoms. The molecule has 0 aromatic carbocycles. The van der Waals surface area contributed by atoms with Crippen LogP contribution in [0.4, 0.5) is 0 Å². The Balaban J connectivity index is 2.05. The molecule has 0 aliphatic carbocycles. The van der Waals surface area contributed by atoms with Crippen molar-refractivity contribution in [1.82, 2.24) is 20.2 Å². The molecule has 74 valence electrons. The number of tetrazole rings is 1. The molecule has 2 heterocycles. The highest BCUT2D eigenvalue weighted by Gasteiger charge is 2.12. The molecule has 0 fully saturated rings. The summed E-state index contributed by atoms with van der Waals surface area (Å²) in [6.07, 6.45) is -0.117. The minimum absolute atomic E-state index is 0.411. The summed E-state index contributed by atoms with van der Waals surface area (Å²) in [6.45, 7) is 0. The standard InChI is InChI=1S/C8H10N4OS/c1-12-10-8(9-11-12)5-6(13)7-3-2-4-14-7/h2-4,6,13H,5H2,1H3. The number of thiophene rings is 1. The van der Waals surface area contributed by atoms with Crippen molar-refractivity contribution in [2.24, 2.45) is 7.05 Å². The summed E-state index contributed by atoms with van der Waals surface area (Å²) in [5, 5.41) is 23.2.